The number of unbranched alkanes of at least 4 members (excludes halogenated alkanes) is 1. The second-order valence-corrected chi connectivity index (χ2v) is 11.5. The summed E-state index contributed by atoms with van der Waals surface area (Å²) in [6.07, 6.45) is 0.473. The molecule has 0 aliphatic carbocycles. The van der Waals surface area contributed by atoms with Crippen LogP contribution < -0.4 is 27.4 Å². The number of rotatable bonds is 16. The topological polar surface area (TPSA) is 257 Å². The first-order chi connectivity index (χ1) is 21.7. The third kappa shape index (κ3) is 9.05. The molecular formula is C31H45N7O8. The maximum absolute atomic E-state index is 13.0. The molecule has 0 fully saturated rings. The lowest BCUT2D eigenvalue weighted by molar-refractivity contribution is -0.145. The standard InChI is InChI=1S/C31H45N7O8/c1-4-19-8-7-9-20-16(2)26(46-27(19)20)25(41)24(30(44)45)37-22(40)10-5-6-12-35-28(42)21(36-29(43)23(32)17(3)39)14-18-11-13-38(15-18)31(33)34/h7-9,11,17,21,23-25,39,41H,4-6,10,12-15,32H2,1-3H3,(H3,33,34)(H,35,42)(H,36,43)(H,37,40)(H,44,45). The summed E-state index contributed by atoms with van der Waals surface area (Å²) in [7, 11) is 0. The summed E-state index contributed by atoms with van der Waals surface area (Å²) in [6.45, 7) is 5.93. The number of fused-ring (bicyclic) bond motifs is 1. The molecule has 1 aliphatic rings. The first-order valence-corrected chi connectivity index (χ1v) is 15.2. The Hall–Kier alpha value is -4.47. The van der Waals surface area contributed by atoms with E-state index in [2.05, 4.69) is 16.0 Å². The van der Waals surface area contributed by atoms with Crippen LogP contribution in [-0.4, -0.2) is 93.7 Å². The van der Waals surface area contributed by atoms with E-state index < -0.39 is 54.0 Å². The van der Waals surface area contributed by atoms with Gasteiger partial charge in [-0.05, 0) is 45.1 Å². The van der Waals surface area contributed by atoms with Crippen molar-refractivity contribution in [2.45, 2.75) is 83.2 Å². The highest BCUT2D eigenvalue weighted by Crippen LogP contribution is 2.33. The third-order valence-electron chi connectivity index (χ3n) is 8.02. The van der Waals surface area contributed by atoms with Gasteiger partial charge in [-0.15, -0.1) is 0 Å². The lowest BCUT2D eigenvalue weighted by Gasteiger charge is -2.23. The van der Waals surface area contributed by atoms with Crippen molar-refractivity contribution >= 4 is 40.6 Å². The lowest BCUT2D eigenvalue weighted by Crippen LogP contribution is -2.54. The minimum Gasteiger partial charge on any atom is -0.480 e. The molecule has 15 nitrogen and oxygen atoms in total. The van der Waals surface area contributed by atoms with Crippen LogP contribution in [-0.2, 0) is 25.6 Å². The summed E-state index contributed by atoms with van der Waals surface area (Å²) >= 11 is 0. The van der Waals surface area contributed by atoms with Crippen molar-refractivity contribution in [3.63, 3.8) is 0 Å². The van der Waals surface area contributed by atoms with Gasteiger partial charge in [-0.3, -0.25) is 19.8 Å². The Morgan fingerprint density at radius 1 is 1.13 bits per heavy atom. The third-order valence-corrected chi connectivity index (χ3v) is 8.02. The van der Waals surface area contributed by atoms with Gasteiger partial charge in [0.1, 0.15) is 29.5 Å². The van der Waals surface area contributed by atoms with Gasteiger partial charge in [-0.25, -0.2) is 4.79 Å². The molecule has 5 unspecified atom stereocenters. The number of aliphatic hydroxyl groups is 2. The van der Waals surface area contributed by atoms with E-state index >= 15 is 0 Å². The Morgan fingerprint density at radius 2 is 1.85 bits per heavy atom. The van der Waals surface area contributed by atoms with E-state index in [0.29, 0.717) is 43.5 Å². The highest BCUT2D eigenvalue weighted by molar-refractivity contribution is 5.90. The van der Waals surface area contributed by atoms with Crippen LogP contribution in [0.15, 0.2) is 34.3 Å². The number of nitrogens with one attached hydrogen (secondary N) is 4. The average Bonchev–Trinajstić information content (AvgIpc) is 3.62. The number of guanidine groups is 1. The summed E-state index contributed by atoms with van der Waals surface area (Å²) in [5, 5.41) is 46.4. The predicted octanol–water partition coefficient (Wildman–Crippen LogP) is -0.0886. The van der Waals surface area contributed by atoms with Gasteiger partial charge in [0.2, 0.25) is 17.7 Å². The Morgan fingerprint density at radius 3 is 2.46 bits per heavy atom. The quantitative estimate of drug-likeness (QED) is 0.0505. The highest BCUT2D eigenvalue weighted by Gasteiger charge is 2.34. The van der Waals surface area contributed by atoms with Crippen molar-refractivity contribution in [1.82, 2.24) is 20.9 Å². The molecule has 0 spiro atoms. The number of aryl methyl sites for hydroxylation is 2. The maximum Gasteiger partial charge on any atom is 0.329 e. The van der Waals surface area contributed by atoms with Crippen LogP contribution >= 0.6 is 0 Å². The number of aliphatic carboxylic acids is 1. The maximum atomic E-state index is 13.0. The van der Waals surface area contributed by atoms with Crippen LogP contribution in [0.1, 0.15) is 62.5 Å². The number of furan rings is 1. The number of carboxylic acids is 1. The summed E-state index contributed by atoms with van der Waals surface area (Å²) in [5.41, 5.74) is 14.1. The number of benzene rings is 1. The largest absolute Gasteiger partial charge is 0.480 e. The smallest absolute Gasteiger partial charge is 0.329 e. The first-order valence-electron chi connectivity index (χ1n) is 15.2. The molecule has 46 heavy (non-hydrogen) atoms. The summed E-state index contributed by atoms with van der Waals surface area (Å²) in [4.78, 5) is 51.8. The number of carboxylic acid groups (broad SMARTS) is 1. The van der Waals surface area contributed by atoms with Gasteiger partial charge in [-0.1, -0.05) is 36.8 Å². The van der Waals surface area contributed by atoms with Gasteiger partial charge in [-0.2, -0.15) is 0 Å². The zero-order valence-corrected chi connectivity index (χ0v) is 26.3. The number of aliphatic hydroxyl groups excluding tert-OH is 2. The number of amides is 3. The number of carbonyl (C=O) groups excluding carboxylic acids is 3. The number of carbonyl (C=O) groups is 4. The van der Waals surface area contributed by atoms with E-state index in [1.54, 1.807) is 11.8 Å². The van der Waals surface area contributed by atoms with Gasteiger partial charge >= 0.3 is 5.97 Å². The molecule has 15 heteroatoms. The molecule has 2 aromatic rings. The minimum absolute atomic E-state index is 0.0668. The van der Waals surface area contributed by atoms with Crippen LogP contribution in [0.2, 0.25) is 0 Å². The number of para-hydroxylation sites is 1. The second kappa shape index (κ2) is 16.2. The van der Waals surface area contributed by atoms with Gasteiger partial charge in [0.05, 0.1) is 6.10 Å². The first kappa shape index (κ1) is 36.0. The van der Waals surface area contributed by atoms with Gasteiger partial charge in [0, 0.05) is 37.0 Å². The molecule has 0 radical (unpaired) electrons. The molecule has 252 valence electrons. The molecule has 0 bridgehead atoms. The van der Waals surface area contributed by atoms with E-state index in [1.165, 1.54) is 6.92 Å². The average molecular weight is 644 g/mol. The molecule has 0 saturated heterocycles. The molecule has 0 saturated carbocycles. The van der Waals surface area contributed by atoms with Crippen molar-refractivity contribution < 1.29 is 38.9 Å². The van der Waals surface area contributed by atoms with E-state index in [1.807, 2.05) is 31.2 Å². The van der Waals surface area contributed by atoms with Gasteiger partial charge in [0.15, 0.2) is 12.0 Å². The van der Waals surface area contributed by atoms with E-state index in [-0.39, 0.29) is 31.1 Å². The van der Waals surface area contributed by atoms with Gasteiger partial charge in [0.25, 0.3) is 0 Å². The Kier molecular flexibility index (Phi) is 12.7. The van der Waals surface area contributed by atoms with E-state index in [4.69, 9.17) is 21.3 Å². The van der Waals surface area contributed by atoms with Gasteiger partial charge < -0.3 is 52.1 Å². The molecule has 1 aromatic heterocycles. The van der Waals surface area contributed by atoms with E-state index in [0.717, 1.165) is 16.5 Å². The monoisotopic (exact) mass is 643 g/mol. The molecule has 11 N–H and O–H groups in total. The zero-order chi connectivity index (χ0) is 34.1. The Labute approximate surface area is 266 Å². The highest BCUT2D eigenvalue weighted by atomic mass is 16.4. The Balaban J connectivity index is 1.53. The lowest BCUT2D eigenvalue weighted by atomic mass is 10.0. The van der Waals surface area contributed by atoms with Crippen molar-refractivity contribution in [3.8, 4) is 0 Å². The van der Waals surface area contributed by atoms with Crippen LogP contribution in [0.3, 0.4) is 0 Å². The van der Waals surface area contributed by atoms with Crippen molar-refractivity contribution in [1.29, 1.82) is 5.41 Å². The summed E-state index contributed by atoms with van der Waals surface area (Å²) in [5.74, 6) is -3.26. The fraction of sp³-hybridized carbons (Fsp3) is 0.516. The molecule has 5 atom stereocenters. The zero-order valence-electron chi connectivity index (χ0n) is 26.3. The molecule has 3 amide bonds. The second-order valence-electron chi connectivity index (χ2n) is 11.5. The normalized spacial score (nSPS) is 16.2. The number of hydrogen-bond donors (Lipinski definition) is 9. The molecule has 1 aliphatic heterocycles. The minimum atomic E-state index is -1.64. The number of hydrogen-bond acceptors (Lipinski definition) is 9. The van der Waals surface area contributed by atoms with Crippen molar-refractivity contribution in [2.24, 2.45) is 11.5 Å². The molecule has 2 heterocycles. The SMILES string of the molecule is CCc1cccc2c(C)c(C(O)C(NC(=O)CCCCNC(=O)C(CC3=CCN(C(=N)N)C3)NC(=O)C(N)C(C)O)C(=O)O)oc12. The van der Waals surface area contributed by atoms with Crippen molar-refractivity contribution in [3.05, 3.63) is 46.7 Å². The fourth-order valence-electron chi connectivity index (χ4n) is 5.20. The molecule has 1 aromatic carbocycles. The van der Waals surface area contributed by atoms with E-state index in [9.17, 15) is 34.5 Å². The molecule has 3 rings (SSSR count). The van der Waals surface area contributed by atoms with Crippen LogP contribution in [0.5, 0.6) is 0 Å². The predicted molar refractivity (Wildman–Crippen MR) is 169 cm³/mol. The number of nitrogens with zero attached hydrogens (tertiary/aromatic N) is 1. The van der Waals surface area contributed by atoms with Crippen LogP contribution in [0.4, 0.5) is 0 Å². The van der Waals surface area contributed by atoms with Crippen LogP contribution in [0.25, 0.3) is 11.0 Å². The Bertz CT molecular complexity index is 1470. The fourth-order valence-corrected chi connectivity index (χ4v) is 5.20. The van der Waals surface area contributed by atoms with Crippen molar-refractivity contribution in [2.75, 3.05) is 19.6 Å². The number of nitrogens with two attached hydrogens (primary N) is 2. The summed E-state index contributed by atoms with van der Waals surface area (Å²) in [6, 6.07) is 1.69. The summed E-state index contributed by atoms with van der Waals surface area (Å²) < 4.78 is 5.88. The molecular weight excluding hydrogens is 598 g/mol. The van der Waals surface area contributed by atoms with Crippen LogP contribution in [0, 0.1) is 12.3 Å².